The monoisotopic (exact) mass is 362 g/mol. The standard InChI is InChI=1S/C12H9Br2ClO/c1-7-9(4-5-16-7)12(15)10-6-8(13)2-3-11(10)14/h2-6,12H,1H3. The molecule has 4 heteroatoms. The smallest absolute Gasteiger partial charge is 0.105 e. The van der Waals surface area contributed by atoms with Gasteiger partial charge in [-0.05, 0) is 36.8 Å². The Hall–Kier alpha value is -0.250. The number of rotatable bonds is 2. The first-order valence-electron chi connectivity index (χ1n) is 4.72. The summed E-state index contributed by atoms with van der Waals surface area (Å²) in [5, 5.41) is -0.203. The van der Waals surface area contributed by atoms with E-state index in [4.69, 9.17) is 16.0 Å². The lowest BCUT2D eigenvalue weighted by atomic mass is 10.1. The molecule has 2 rings (SSSR count). The number of halogens is 3. The van der Waals surface area contributed by atoms with Gasteiger partial charge in [0.25, 0.3) is 0 Å². The van der Waals surface area contributed by atoms with E-state index in [2.05, 4.69) is 31.9 Å². The van der Waals surface area contributed by atoms with Gasteiger partial charge in [-0.15, -0.1) is 11.6 Å². The molecule has 0 aliphatic heterocycles. The highest BCUT2D eigenvalue weighted by Crippen LogP contribution is 2.36. The molecule has 84 valence electrons. The lowest BCUT2D eigenvalue weighted by Crippen LogP contribution is -1.94. The van der Waals surface area contributed by atoms with Crippen LogP contribution in [0.15, 0.2) is 43.9 Å². The maximum Gasteiger partial charge on any atom is 0.105 e. The normalized spacial score (nSPS) is 12.8. The van der Waals surface area contributed by atoms with Gasteiger partial charge >= 0.3 is 0 Å². The molecule has 0 fully saturated rings. The minimum absolute atomic E-state index is 0.203. The zero-order valence-electron chi connectivity index (χ0n) is 8.51. The molecule has 1 nitrogen and oxygen atoms in total. The van der Waals surface area contributed by atoms with E-state index in [1.165, 1.54) is 0 Å². The molecule has 0 aliphatic rings. The molecule has 0 saturated heterocycles. The van der Waals surface area contributed by atoms with Gasteiger partial charge in [0.05, 0.1) is 11.6 Å². The van der Waals surface area contributed by atoms with Crippen LogP contribution in [0.5, 0.6) is 0 Å². The highest BCUT2D eigenvalue weighted by Gasteiger charge is 2.17. The van der Waals surface area contributed by atoms with Crippen molar-refractivity contribution < 1.29 is 4.42 Å². The average Bonchev–Trinajstić information content (AvgIpc) is 2.67. The van der Waals surface area contributed by atoms with Crippen LogP contribution in [-0.2, 0) is 0 Å². The Morgan fingerprint density at radius 1 is 1.19 bits per heavy atom. The second kappa shape index (κ2) is 4.94. The quantitative estimate of drug-likeness (QED) is 0.647. The van der Waals surface area contributed by atoms with E-state index < -0.39 is 0 Å². The predicted molar refractivity (Wildman–Crippen MR) is 73.0 cm³/mol. The molecule has 1 aromatic heterocycles. The van der Waals surface area contributed by atoms with Crippen LogP contribution in [-0.4, -0.2) is 0 Å². The topological polar surface area (TPSA) is 13.1 Å². The van der Waals surface area contributed by atoms with Gasteiger partial charge in [0, 0.05) is 14.5 Å². The number of hydrogen-bond acceptors (Lipinski definition) is 1. The third-order valence-corrected chi connectivity index (χ3v) is 4.09. The molecule has 0 spiro atoms. The third kappa shape index (κ3) is 2.36. The van der Waals surface area contributed by atoms with Gasteiger partial charge in [-0.3, -0.25) is 0 Å². The number of benzene rings is 1. The van der Waals surface area contributed by atoms with Crippen molar-refractivity contribution in [3.8, 4) is 0 Å². The fourth-order valence-corrected chi connectivity index (χ4v) is 2.93. The summed E-state index contributed by atoms with van der Waals surface area (Å²) in [6.07, 6.45) is 1.66. The molecule has 1 aromatic carbocycles. The number of hydrogen-bond donors (Lipinski definition) is 0. The van der Waals surface area contributed by atoms with E-state index in [9.17, 15) is 0 Å². The van der Waals surface area contributed by atoms with Crippen molar-refractivity contribution in [3.05, 3.63) is 56.4 Å². The highest BCUT2D eigenvalue weighted by molar-refractivity contribution is 9.11. The van der Waals surface area contributed by atoms with Crippen molar-refractivity contribution in [2.75, 3.05) is 0 Å². The van der Waals surface area contributed by atoms with Crippen molar-refractivity contribution in [3.63, 3.8) is 0 Å². The van der Waals surface area contributed by atoms with E-state index in [1.54, 1.807) is 6.26 Å². The lowest BCUT2D eigenvalue weighted by Gasteiger charge is -2.11. The predicted octanol–water partition coefficient (Wildman–Crippen LogP) is 5.44. The highest BCUT2D eigenvalue weighted by atomic mass is 79.9. The summed E-state index contributed by atoms with van der Waals surface area (Å²) in [5.74, 6) is 0.854. The second-order valence-corrected chi connectivity index (χ2v) is 5.67. The van der Waals surface area contributed by atoms with E-state index in [0.29, 0.717) is 0 Å². The van der Waals surface area contributed by atoms with Gasteiger partial charge in [-0.1, -0.05) is 31.9 Å². The molecular formula is C12H9Br2ClO. The van der Waals surface area contributed by atoms with Gasteiger partial charge in [0.1, 0.15) is 5.76 Å². The fraction of sp³-hybridized carbons (Fsp3) is 0.167. The summed E-state index contributed by atoms with van der Waals surface area (Å²) in [4.78, 5) is 0. The van der Waals surface area contributed by atoms with Crippen molar-refractivity contribution in [1.82, 2.24) is 0 Å². The van der Waals surface area contributed by atoms with Gasteiger partial charge in [0.15, 0.2) is 0 Å². The summed E-state index contributed by atoms with van der Waals surface area (Å²) in [5.41, 5.74) is 2.03. The molecule has 1 unspecified atom stereocenters. The average molecular weight is 364 g/mol. The van der Waals surface area contributed by atoms with Crippen molar-refractivity contribution >= 4 is 43.5 Å². The van der Waals surface area contributed by atoms with Crippen molar-refractivity contribution in [2.45, 2.75) is 12.3 Å². The van der Waals surface area contributed by atoms with Gasteiger partial charge in [-0.25, -0.2) is 0 Å². The Balaban J connectivity index is 2.45. The Morgan fingerprint density at radius 3 is 2.56 bits per heavy atom. The first kappa shape index (κ1) is 12.2. The number of alkyl halides is 1. The van der Waals surface area contributed by atoms with E-state index in [0.717, 1.165) is 25.8 Å². The van der Waals surface area contributed by atoms with Crippen LogP contribution in [0.3, 0.4) is 0 Å². The zero-order chi connectivity index (χ0) is 11.7. The Morgan fingerprint density at radius 2 is 1.94 bits per heavy atom. The molecule has 1 heterocycles. The fourth-order valence-electron chi connectivity index (χ4n) is 1.53. The molecule has 0 N–H and O–H groups in total. The van der Waals surface area contributed by atoms with Crippen molar-refractivity contribution in [1.29, 1.82) is 0 Å². The van der Waals surface area contributed by atoms with Crippen LogP contribution >= 0.6 is 43.5 Å². The Kier molecular flexibility index (Phi) is 3.77. The maximum atomic E-state index is 6.44. The molecule has 2 aromatic rings. The van der Waals surface area contributed by atoms with Gasteiger partial charge < -0.3 is 4.42 Å². The van der Waals surface area contributed by atoms with Crippen LogP contribution in [0.1, 0.15) is 22.3 Å². The van der Waals surface area contributed by atoms with Crippen LogP contribution in [0, 0.1) is 6.92 Å². The molecule has 0 amide bonds. The minimum Gasteiger partial charge on any atom is -0.469 e. The van der Waals surface area contributed by atoms with Crippen LogP contribution in [0.25, 0.3) is 0 Å². The summed E-state index contributed by atoms with van der Waals surface area (Å²) < 4.78 is 7.27. The summed E-state index contributed by atoms with van der Waals surface area (Å²) in [6.45, 7) is 1.91. The zero-order valence-corrected chi connectivity index (χ0v) is 12.4. The molecule has 0 bridgehead atoms. The molecule has 0 aliphatic carbocycles. The molecule has 0 saturated carbocycles. The summed E-state index contributed by atoms with van der Waals surface area (Å²) in [6, 6.07) is 7.86. The lowest BCUT2D eigenvalue weighted by molar-refractivity contribution is 0.530. The van der Waals surface area contributed by atoms with Crippen molar-refractivity contribution in [2.24, 2.45) is 0 Å². The SMILES string of the molecule is Cc1occc1C(Cl)c1cc(Br)ccc1Br. The summed E-state index contributed by atoms with van der Waals surface area (Å²) >= 11 is 13.4. The maximum absolute atomic E-state index is 6.44. The third-order valence-electron chi connectivity index (χ3n) is 2.40. The van der Waals surface area contributed by atoms with Gasteiger partial charge in [0.2, 0.25) is 0 Å². The first-order valence-corrected chi connectivity index (χ1v) is 6.75. The number of aryl methyl sites for hydroxylation is 1. The van der Waals surface area contributed by atoms with E-state index in [1.807, 2.05) is 31.2 Å². The van der Waals surface area contributed by atoms with E-state index in [-0.39, 0.29) is 5.38 Å². The summed E-state index contributed by atoms with van der Waals surface area (Å²) in [7, 11) is 0. The number of furan rings is 1. The van der Waals surface area contributed by atoms with Crippen LogP contribution < -0.4 is 0 Å². The second-order valence-electron chi connectivity index (χ2n) is 3.46. The molecule has 0 radical (unpaired) electrons. The van der Waals surface area contributed by atoms with Crippen LogP contribution in [0.4, 0.5) is 0 Å². The largest absolute Gasteiger partial charge is 0.469 e. The Bertz CT molecular complexity index is 507. The Labute approximate surface area is 116 Å². The van der Waals surface area contributed by atoms with E-state index >= 15 is 0 Å². The molecular weight excluding hydrogens is 355 g/mol. The first-order chi connectivity index (χ1) is 7.59. The van der Waals surface area contributed by atoms with Gasteiger partial charge in [-0.2, -0.15) is 0 Å². The molecule has 1 atom stereocenters. The van der Waals surface area contributed by atoms with Crippen LogP contribution in [0.2, 0.25) is 0 Å². The minimum atomic E-state index is -0.203. The molecule has 16 heavy (non-hydrogen) atoms.